The molecule has 0 N–H and O–H groups in total. The fourth-order valence-electron chi connectivity index (χ4n) is 2.15. The standard InChI is InChI=1S/C12H17F3NP/c1-11-7-9-16(10-8-11)17(13,14,15)12-5-3-2-4-6-12/h2-6,11H,7-10H2,1H3. The molecule has 1 saturated heterocycles. The predicted octanol–water partition coefficient (Wildman–Crippen LogP) is 4.17. The Morgan fingerprint density at radius 2 is 1.59 bits per heavy atom. The molecule has 0 atom stereocenters. The van der Waals surface area contributed by atoms with Crippen LogP contribution in [0.2, 0.25) is 0 Å². The van der Waals surface area contributed by atoms with Crippen LogP contribution in [-0.2, 0) is 0 Å². The van der Waals surface area contributed by atoms with Crippen molar-refractivity contribution in [2.75, 3.05) is 13.1 Å². The van der Waals surface area contributed by atoms with Crippen molar-refractivity contribution in [2.45, 2.75) is 19.8 Å². The molecule has 1 aliphatic heterocycles. The van der Waals surface area contributed by atoms with Gasteiger partial charge >= 0.3 is 99.4 Å². The molecule has 0 spiro atoms. The Hall–Kier alpha value is -0.600. The molecule has 1 fully saturated rings. The molecule has 0 bridgehead atoms. The first-order chi connectivity index (χ1) is 7.88. The summed E-state index contributed by atoms with van der Waals surface area (Å²) in [6.45, 7) is 2.32. The van der Waals surface area contributed by atoms with Gasteiger partial charge in [-0.15, -0.1) is 0 Å². The topological polar surface area (TPSA) is 3.24 Å². The molecule has 1 nitrogen and oxygen atoms in total. The van der Waals surface area contributed by atoms with Crippen LogP contribution < -0.4 is 5.30 Å². The Labute approximate surface area is 100.0 Å². The zero-order valence-electron chi connectivity index (χ0n) is 9.82. The molecule has 0 unspecified atom stereocenters. The van der Waals surface area contributed by atoms with Crippen molar-refractivity contribution in [3.8, 4) is 0 Å². The molecule has 0 aromatic heterocycles. The molecule has 2 rings (SSSR count). The van der Waals surface area contributed by atoms with E-state index in [4.69, 9.17) is 0 Å². The monoisotopic (exact) mass is 263 g/mol. The normalized spacial score (nSPS) is 22.0. The molecular formula is C12H17F3NP. The summed E-state index contributed by atoms with van der Waals surface area (Å²) in [5, 5.41) is -0.451. The van der Waals surface area contributed by atoms with Crippen molar-refractivity contribution in [3.63, 3.8) is 0 Å². The van der Waals surface area contributed by atoms with Crippen molar-refractivity contribution in [1.29, 1.82) is 0 Å². The zero-order valence-corrected chi connectivity index (χ0v) is 10.7. The van der Waals surface area contributed by atoms with Crippen LogP contribution in [0.1, 0.15) is 19.8 Å². The second-order valence-electron chi connectivity index (χ2n) is 4.74. The van der Waals surface area contributed by atoms with Crippen molar-refractivity contribution in [2.24, 2.45) is 5.92 Å². The van der Waals surface area contributed by atoms with E-state index in [9.17, 15) is 12.6 Å². The zero-order chi connectivity index (χ0) is 12.5. The number of nitrogens with zero attached hydrogens (tertiary/aromatic N) is 1. The average Bonchev–Trinajstić information content (AvgIpc) is 2.30. The van der Waals surface area contributed by atoms with Crippen LogP contribution in [0, 0.1) is 5.92 Å². The summed E-state index contributed by atoms with van der Waals surface area (Å²) in [6.07, 6.45) is 1.28. The van der Waals surface area contributed by atoms with E-state index >= 15 is 0 Å². The Morgan fingerprint density at radius 1 is 1.06 bits per heavy atom. The number of piperidine rings is 1. The molecule has 0 aliphatic carbocycles. The van der Waals surface area contributed by atoms with Gasteiger partial charge in [0.25, 0.3) is 0 Å². The number of hydrogen-bond acceptors (Lipinski definition) is 1. The van der Waals surface area contributed by atoms with E-state index in [2.05, 4.69) is 0 Å². The van der Waals surface area contributed by atoms with Crippen LogP contribution >= 0.6 is 7.69 Å². The first kappa shape index (κ1) is 12.8. The number of rotatable bonds is 2. The molecule has 0 radical (unpaired) electrons. The van der Waals surface area contributed by atoms with Crippen LogP contribution in [0.25, 0.3) is 0 Å². The number of hydrogen-bond donors (Lipinski definition) is 0. The average molecular weight is 263 g/mol. The summed E-state index contributed by atoms with van der Waals surface area (Å²) in [6, 6.07) is 6.92. The Morgan fingerprint density at radius 3 is 2.12 bits per heavy atom. The van der Waals surface area contributed by atoms with Gasteiger partial charge in [0.15, 0.2) is 0 Å². The summed E-state index contributed by atoms with van der Waals surface area (Å²) in [5.41, 5.74) is 0. The summed E-state index contributed by atoms with van der Waals surface area (Å²) >= 11 is 0. The fourth-order valence-corrected chi connectivity index (χ4v) is 4.00. The van der Waals surface area contributed by atoms with Gasteiger partial charge < -0.3 is 0 Å². The van der Waals surface area contributed by atoms with Gasteiger partial charge in [-0.2, -0.15) is 0 Å². The van der Waals surface area contributed by atoms with Gasteiger partial charge in [0.1, 0.15) is 0 Å². The Balaban J connectivity index is 2.27. The molecule has 1 heterocycles. The molecule has 5 heteroatoms. The Bertz CT molecular complexity index is 380. The third kappa shape index (κ3) is 2.48. The minimum atomic E-state index is -6.35. The van der Waals surface area contributed by atoms with E-state index in [0.29, 0.717) is 18.8 Å². The predicted molar refractivity (Wildman–Crippen MR) is 66.3 cm³/mol. The SMILES string of the molecule is CC1CCN(P(F)(F)(F)c2ccccc2)CC1. The van der Waals surface area contributed by atoms with E-state index in [1.807, 2.05) is 6.92 Å². The molecular weight excluding hydrogens is 246 g/mol. The molecule has 1 aliphatic rings. The van der Waals surface area contributed by atoms with Gasteiger partial charge in [0.05, 0.1) is 0 Å². The van der Waals surface area contributed by atoms with Gasteiger partial charge in [-0.1, -0.05) is 0 Å². The minimum absolute atomic E-state index is 0.150. The van der Waals surface area contributed by atoms with Crippen molar-refractivity contribution in [1.82, 2.24) is 4.67 Å². The van der Waals surface area contributed by atoms with Crippen molar-refractivity contribution < 1.29 is 12.6 Å². The van der Waals surface area contributed by atoms with Crippen LogP contribution in [-0.4, -0.2) is 17.8 Å². The van der Waals surface area contributed by atoms with Gasteiger partial charge in [0, 0.05) is 0 Å². The van der Waals surface area contributed by atoms with Gasteiger partial charge in [-0.05, 0) is 0 Å². The molecule has 0 amide bonds. The van der Waals surface area contributed by atoms with E-state index in [-0.39, 0.29) is 13.1 Å². The van der Waals surface area contributed by atoms with Crippen LogP contribution in [0.3, 0.4) is 0 Å². The summed E-state index contributed by atoms with van der Waals surface area (Å²) in [4.78, 5) is 0. The first-order valence-corrected chi connectivity index (χ1v) is 7.73. The van der Waals surface area contributed by atoms with Gasteiger partial charge in [0.2, 0.25) is 0 Å². The first-order valence-electron chi connectivity index (χ1n) is 5.87. The summed E-state index contributed by atoms with van der Waals surface area (Å²) in [5.74, 6) is 0.411. The molecule has 1 aromatic rings. The maximum absolute atomic E-state index is 14.2. The maximum atomic E-state index is 14.2. The van der Waals surface area contributed by atoms with E-state index < -0.39 is 13.0 Å². The molecule has 96 valence electrons. The quantitative estimate of drug-likeness (QED) is 0.724. The van der Waals surface area contributed by atoms with Crippen molar-refractivity contribution in [3.05, 3.63) is 30.3 Å². The van der Waals surface area contributed by atoms with Gasteiger partial charge in [-0.3, -0.25) is 0 Å². The number of benzene rings is 1. The van der Waals surface area contributed by atoms with Crippen LogP contribution in [0.4, 0.5) is 12.6 Å². The Kier molecular flexibility index (Phi) is 3.21. The molecule has 0 saturated carbocycles. The number of halogens is 3. The second-order valence-corrected chi connectivity index (χ2v) is 7.37. The molecule has 1 aromatic carbocycles. The van der Waals surface area contributed by atoms with E-state index in [0.717, 1.165) is 4.67 Å². The summed E-state index contributed by atoms with van der Waals surface area (Å²) in [7, 11) is -6.35. The van der Waals surface area contributed by atoms with E-state index in [1.54, 1.807) is 6.07 Å². The van der Waals surface area contributed by atoms with Gasteiger partial charge in [-0.25, -0.2) is 0 Å². The second kappa shape index (κ2) is 4.25. The molecule has 17 heavy (non-hydrogen) atoms. The fraction of sp³-hybridized carbons (Fsp3) is 0.500. The van der Waals surface area contributed by atoms with Crippen LogP contribution in [0.5, 0.6) is 0 Å². The van der Waals surface area contributed by atoms with Crippen LogP contribution in [0.15, 0.2) is 30.3 Å². The summed E-state index contributed by atoms with van der Waals surface area (Å²) < 4.78 is 43.5. The van der Waals surface area contributed by atoms with E-state index in [1.165, 1.54) is 24.3 Å². The van der Waals surface area contributed by atoms with Crippen molar-refractivity contribution >= 4 is 13.0 Å². The third-order valence-corrected chi connectivity index (χ3v) is 5.83. The third-order valence-electron chi connectivity index (χ3n) is 3.39.